The molecule has 0 fully saturated rings. The lowest BCUT2D eigenvalue weighted by Gasteiger charge is -2.13. The molecule has 4 nitrogen and oxygen atoms in total. The first-order valence-corrected chi connectivity index (χ1v) is 7.43. The van der Waals surface area contributed by atoms with Gasteiger partial charge in [-0.1, -0.05) is 18.2 Å². The Hall–Kier alpha value is -2.35. The van der Waals surface area contributed by atoms with Crippen molar-refractivity contribution in [3.8, 4) is 0 Å². The maximum atomic E-state index is 12.8. The Morgan fingerprint density at radius 1 is 1.17 bits per heavy atom. The lowest BCUT2D eigenvalue weighted by atomic mass is 10.1. The standard InChI is InChI=1S/C15H12F3NO3S/c16-15(17,18)12-4-2-1-3-10(12)7-19-13(20)8-22-14(21)11-5-6-23-9-11/h1-6,9H,7-8H2,(H,19,20). The van der Waals surface area contributed by atoms with Crippen LogP contribution in [0.5, 0.6) is 0 Å². The molecule has 122 valence electrons. The number of rotatable bonds is 5. The predicted octanol–water partition coefficient (Wildman–Crippen LogP) is 3.24. The molecule has 1 aromatic carbocycles. The third kappa shape index (κ3) is 4.82. The van der Waals surface area contributed by atoms with E-state index in [2.05, 4.69) is 5.32 Å². The normalized spacial score (nSPS) is 11.1. The predicted molar refractivity (Wildman–Crippen MR) is 77.9 cm³/mol. The van der Waals surface area contributed by atoms with Gasteiger partial charge in [0.2, 0.25) is 0 Å². The van der Waals surface area contributed by atoms with E-state index < -0.39 is 30.2 Å². The molecule has 1 amide bonds. The highest BCUT2D eigenvalue weighted by molar-refractivity contribution is 7.08. The number of alkyl halides is 3. The smallest absolute Gasteiger partial charge is 0.416 e. The molecule has 1 heterocycles. The van der Waals surface area contributed by atoms with Gasteiger partial charge >= 0.3 is 12.1 Å². The van der Waals surface area contributed by atoms with Crippen LogP contribution in [-0.2, 0) is 22.3 Å². The summed E-state index contributed by atoms with van der Waals surface area (Å²) in [6.45, 7) is -0.854. The maximum absolute atomic E-state index is 12.8. The van der Waals surface area contributed by atoms with E-state index in [0.717, 1.165) is 6.07 Å². The summed E-state index contributed by atoms with van der Waals surface area (Å²) in [7, 11) is 0. The summed E-state index contributed by atoms with van der Waals surface area (Å²) in [6.07, 6.45) is -4.49. The molecule has 0 aliphatic heterocycles. The fourth-order valence-corrected chi connectivity index (χ4v) is 2.42. The van der Waals surface area contributed by atoms with E-state index in [1.165, 1.54) is 29.5 Å². The lowest BCUT2D eigenvalue weighted by molar-refractivity contribution is -0.138. The minimum absolute atomic E-state index is 0.0579. The zero-order valence-corrected chi connectivity index (χ0v) is 12.5. The first-order chi connectivity index (χ1) is 10.9. The summed E-state index contributed by atoms with van der Waals surface area (Å²) in [5.41, 5.74) is -0.543. The van der Waals surface area contributed by atoms with Gasteiger partial charge in [0.15, 0.2) is 6.61 Å². The van der Waals surface area contributed by atoms with Crippen LogP contribution in [0.2, 0.25) is 0 Å². The highest BCUT2D eigenvalue weighted by Gasteiger charge is 2.32. The summed E-state index contributed by atoms with van der Waals surface area (Å²) in [6, 6.07) is 6.49. The van der Waals surface area contributed by atoms with E-state index in [1.807, 2.05) is 0 Å². The van der Waals surface area contributed by atoms with E-state index in [4.69, 9.17) is 4.74 Å². The van der Waals surface area contributed by atoms with Crippen molar-refractivity contribution in [1.82, 2.24) is 5.32 Å². The molecule has 1 N–H and O–H groups in total. The van der Waals surface area contributed by atoms with Gasteiger partial charge in [0.25, 0.3) is 5.91 Å². The Morgan fingerprint density at radius 2 is 1.91 bits per heavy atom. The van der Waals surface area contributed by atoms with Crippen molar-refractivity contribution in [1.29, 1.82) is 0 Å². The number of esters is 1. The number of ether oxygens (including phenoxy) is 1. The van der Waals surface area contributed by atoms with Crippen LogP contribution in [0.15, 0.2) is 41.1 Å². The summed E-state index contributed by atoms with van der Waals surface area (Å²) in [4.78, 5) is 23.1. The molecule has 0 radical (unpaired) electrons. The van der Waals surface area contributed by atoms with Crippen molar-refractivity contribution < 1.29 is 27.5 Å². The minimum atomic E-state index is -4.49. The first-order valence-electron chi connectivity index (χ1n) is 6.49. The molecule has 0 atom stereocenters. The van der Waals surface area contributed by atoms with Gasteiger partial charge in [0.05, 0.1) is 11.1 Å². The van der Waals surface area contributed by atoms with E-state index in [9.17, 15) is 22.8 Å². The number of thiophene rings is 1. The zero-order chi connectivity index (χ0) is 16.9. The van der Waals surface area contributed by atoms with Crippen molar-refractivity contribution in [2.75, 3.05) is 6.61 Å². The average molecular weight is 343 g/mol. The molecule has 0 saturated heterocycles. The van der Waals surface area contributed by atoms with Gasteiger partial charge in [0.1, 0.15) is 0 Å². The highest BCUT2D eigenvalue weighted by Crippen LogP contribution is 2.31. The highest BCUT2D eigenvalue weighted by atomic mass is 32.1. The van der Waals surface area contributed by atoms with Crippen LogP contribution in [0.1, 0.15) is 21.5 Å². The Morgan fingerprint density at radius 3 is 2.57 bits per heavy atom. The van der Waals surface area contributed by atoms with Crippen LogP contribution in [0.4, 0.5) is 13.2 Å². The molecule has 0 aliphatic rings. The fraction of sp³-hybridized carbons (Fsp3) is 0.200. The third-order valence-electron chi connectivity index (χ3n) is 2.89. The van der Waals surface area contributed by atoms with Gasteiger partial charge in [-0.15, -0.1) is 0 Å². The van der Waals surface area contributed by atoms with E-state index >= 15 is 0 Å². The van der Waals surface area contributed by atoms with Crippen LogP contribution in [0.3, 0.4) is 0 Å². The molecule has 8 heteroatoms. The monoisotopic (exact) mass is 343 g/mol. The Labute approximate surface area is 133 Å². The van der Waals surface area contributed by atoms with E-state index in [1.54, 1.807) is 16.8 Å². The summed E-state index contributed by atoms with van der Waals surface area (Å²) in [5, 5.41) is 5.55. The molecular weight excluding hydrogens is 331 g/mol. The van der Waals surface area contributed by atoms with Crippen molar-refractivity contribution in [3.63, 3.8) is 0 Å². The molecule has 23 heavy (non-hydrogen) atoms. The topological polar surface area (TPSA) is 55.4 Å². The van der Waals surface area contributed by atoms with Gasteiger partial charge in [-0.3, -0.25) is 4.79 Å². The maximum Gasteiger partial charge on any atom is 0.416 e. The number of nitrogens with one attached hydrogen (secondary N) is 1. The molecule has 0 bridgehead atoms. The van der Waals surface area contributed by atoms with Gasteiger partial charge in [-0.2, -0.15) is 24.5 Å². The Bertz CT molecular complexity index is 684. The number of benzene rings is 1. The number of hydrogen-bond acceptors (Lipinski definition) is 4. The van der Waals surface area contributed by atoms with Gasteiger partial charge in [-0.25, -0.2) is 4.79 Å². The number of carbonyl (C=O) groups excluding carboxylic acids is 2. The third-order valence-corrected chi connectivity index (χ3v) is 3.57. The quantitative estimate of drug-likeness (QED) is 0.848. The second kappa shape index (κ2) is 7.28. The van der Waals surface area contributed by atoms with Crippen LogP contribution in [0.25, 0.3) is 0 Å². The molecule has 0 spiro atoms. The van der Waals surface area contributed by atoms with E-state index in [-0.39, 0.29) is 12.1 Å². The van der Waals surface area contributed by atoms with Crippen molar-refractivity contribution in [2.45, 2.75) is 12.7 Å². The molecule has 1 aromatic heterocycles. The van der Waals surface area contributed by atoms with Crippen LogP contribution >= 0.6 is 11.3 Å². The molecule has 0 aliphatic carbocycles. The van der Waals surface area contributed by atoms with Crippen molar-refractivity contribution in [2.24, 2.45) is 0 Å². The van der Waals surface area contributed by atoms with Gasteiger partial charge in [0, 0.05) is 11.9 Å². The molecule has 2 aromatic rings. The number of amides is 1. The van der Waals surface area contributed by atoms with Crippen LogP contribution < -0.4 is 5.32 Å². The van der Waals surface area contributed by atoms with Crippen molar-refractivity contribution in [3.05, 3.63) is 57.8 Å². The first kappa shape index (κ1) is 17.0. The fourth-order valence-electron chi connectivity index (χ4n) is 1.79. The van der Waals surface area contributed by atoms with Gasteiger partial charge < -0.3 is 10.1 Å². The molecule has 0 unspecified atom stereocenters. The second-order valence-electron chi connectivity index (χ2n) is 4.52. The second-order valence-corrected chi connectivity index (χ2v) is 5.30. The number of carbonyl (C=O) groups is 2. The largest absolute Gasteiger partial charge is 0.452 e. The summed E-state index contributed by atoms with van der Waals surface area (Å²) < 4.78 is 43.2. The van der Waals surface area contributed by atoms with Crippen LogP contribution in [0, 0.1) is 0 Å². The summed E-state index contributed by atoms with van der Waals surface area (Å²) >= 11 is 1.31. The minimum Gasteiger partial charge on any atom is -0.452 e. The zero-order valence-electron chi connectivity index (χ0n) is 11.7. The molecular formula is C15H12F3NO3S. The van der Waals surface area contributed by atoms with E-state index in [0.29, 0.717) is 5.56 Å². The number of halogens is 3. The summed E-state index contributed by atoms with van der Waals surface area (Å²) in [5.74, 6) is -1.33. The Balaban J connectivity index is 1.87. The molecule has 2 rings (SSSR count). The Kier molecular flexibility index (Phi) is 5.38. The average Bonchev–Trinajstić information content (AvgIpc) is 3.04. The van der Waals surface area contributed by atoms with Crippen molar-refractivity contribution >= 4 is 23.2 Å². The number of hydrogen-bond donors (Lipinski definition) is 1. The lowest BCUT2D eigenvalue weighted by Crippen LogP contribution is -2.29. The SMILES string of the molecule is O=C(COC(=O)c1ccsc1)NCc1ccccc1C(F)(F)F. The van der Waals surface area contributed by atoms with Crippen LogP contribution in [-0.4, -0.2) is 18.5 Å². The molecule has 0 saturated carbocycles. The van der Waals surface area contributed by atoms with Gasteiger partial charge in [-0.05, 0) is 23.1 Å².